The Kier molecular flexibility index (Phi) is 3.50. The van der Waals surface area contributed by atoms with Gasteiger partial charge < -0.3 is 5.32 Å². The third-order valence-electron chi connectivity index (χ3n) is 2.57. The van der Waals surface area contributed by atoms with Crippen LogP contribution < -0.4 is 5.32 Å². The maximum Gasteiger partial charge on any atom is 0.125 e. The maximum absolute atomic E-state index is 13.1. The highest BCUT2D eigenvalue weighted by atomic mass is 35.5. The Bertz CT molecular complexity index is 632. The Morgan fingerprint density at radius 2 is 2.00 bits per heavy atom. The Morgan fingerprint density at radius 3 is 2.67 bits per heavy atom. The van der Waals surface area contributed by atoms with E-state index >= 15 is 0 Å². The van der Waals surface area contributed by atoms with E-state index in [2.05, 4.69) is 5.32 Å². The van der Waals surface area contributed by atoms with E-state index in [1.165, 1.54) is 12.1 Å². The highest BCUT2D eigenvalue weighted by Gasteiger charge is 2.04. The number of hydrogen-bond donors (Lipinski definition) is 1. The molecule has 90 valence electrons. The molecule has 0 spiro atoms. The van der Waals surface area contributed by atoms with Gasteiger partial charge in [-0.2, -0.15) is 5.26 Å². The van der Waals surface area contributed by atoms with E-state index < -0.39 is 0 Å². The van der Waals surface area contributed by atoms with Crippen molar-refractivity contribution in [1.29, 1.82) is 5.26 Å². The molecular weight excluding hydrogens is 251 g/mol. The van der Waals surface area contributed by atoms with Gasteiger partial charge in [-0.15, -0.1) is 0 Å². The molecule has 0 radical (unpaired) electrons. The van der Waals surface area contributed by atoms with Crippen molar-refractivity contribution in [2.24, 2.45) is 0 Å². The molecule has 2 aromatic carbocycles. The van der Waals surface area contributed by atoms with Crippen molar-refractivity contribution in [2.75, 3.05) is 5.32 Å². The second-order valence-corrected chi connectivity index (χ2v) is 4.30. The van der Waals surface area contributed by atoms with E-state index in [-0.39, 0.29) is 5.82 Å². The van der Waals surface area contributed by atoms with Crippen LogP contribution in [-0.4, -0.2) is 0 Å². The minimum absolute atomic E-state index is 0.303. The number of nitriles is 1. The second kappa shape index (κ2) is 5.07. The third kappa shape index (κ3) is 2.61. The highest BCUT2D eigenvalue weighted by Crippen LogP contribution is 2.25. The Balaban J connectivity index is 2.32. The summed E-state index contributed by atoms with van der Waals surface area (Å²) in [6, 6.07) is 11.5. The molecule has 2 rings (SSSR count). The lowest BCUT2D eigenvalue weighted by atomic mass is 10.1. The number of benzene rings is 2. The SMILES string of the molecule is Cc1ccc(F)cc1Nc1ccc(C#N)c(Cl)c1. The van der Waals surface area contributed by atoms with Crippen LogP contribution in [0.3, 0.4) is 0 Å². The molecule has 4 heteroatoms. The van der Waals surface area contributed by atoms with Crippen LogP contribution in [-0.2, 0) is 0 Å². The van der Waals surface area contributed by atoms with Crippen molar-refractivity contribution in [1.82, 2.24) is 0 Å². The largest absolute Gasteiger partial charge is 0.355 e. The predicted molar refractivity (Wildman–Crippen MR) is 70.6 cm³/mol. The Hall–Kier alpha value is -2.05. The molecular formula is C14H10ClFN2. The van der Waals surface area contributed by atoms with Crippen LogP contribution in [0.25, 0.3) is 0 Å². The monoisotopic (exact) mass is 260 g/mol. The molecule has 18 heavy (non-hydrogen) atoms. The molecule has 0 aromatic heterocycles. The average Bonchev–Trinajstić information content (AvgIpc) is 2.34. The fourth-order valence-corrected chi connectivity index (χ4v) is 1.79. The summed E-state index contributed by atoms with van der Waals surface area (Å²) in [5.41, 5.74) is 2.73. The van der Waals surface area contributed by atoms with Gasteiger partial charge >= 0.3 is 0 Å². The minimum atomic E-state index is -0.303. The summed E-state index contributed by atoms with van der Waals surface area (Å²) in [6.45, 7) is 1.88. The van der Waals surface area contributed by atoms with Crippen LogP contribution in [0.5, 0.6) is 0 Å². The van der Waals surface area contributed by atoms with Gasteiger partial charge in [-0.1, -0.05) is 17.7 Å². The van der Waals surface area contributed by atoms with E-state index in [0.29, 0.717) is 22.0 Å². The van der Waals surface area contributed by atoms with Gasteiger partial charge in [0.15, 0.2) is 0 Å². The molecule has 2 aromatic rings. The predicted octanol–water partition coefficient (Wildman–Crippen LogP) is 4.40. The molecule has 0 aliphatic carbocycles. The average molecular weight is 261 g/mol. The first-order valence-electron chi connectivity index (χ1n) is 5.33. The van der Waals surface area contributed by atoms with Crippen LogP contribution >= 0.6 is 11.6 Å². The molecule has 0 fully saturated rings. The van der Waals surface area contributed by atoms with E-state index in [4.69, 9.17) is 16.9 Å². The lowest BCUT2D eigenvalue weighted by Gasteiger charge is -2.10. The molecule has 0 aliphatic heterocycles. The van der Waals surface area contributed by atoms with E-state index in [1.54, 1.807) is 24.3 Å². The number of hydrogen-bond acceptors (Lipinski definition) is 2. The van der Waals surface area contributed by atoms with Crippen LogP contribution in [0.2, 0.25) is 5.02 Å². The van der Waals surface area contributed by atoms with Crippen molar-refractivity contribution >= 4 is 23.0 Å². The first-order valence-corrected chi connectivity index (χ1v) is 5.71. The van der Waals surface area contributed by atoms with Gasteiger partial charge in [-0.05, 0) is 42.8 Å². The summed E-state index contributed by atoms with van der Waals surface area (Å²) < 4.78 is 13.1. The third-order valence-corrected chi connectivity index (χ3v) is 2.88. The zero-order chi connectivity index (χ0) is 13.1. The van der Waals surface area contributed by atoms with Crippen LogP contribution in [0.4, 0.5) is 15.8 Å². The molecule has 0 aliphatic rings. The summed E-state index contributed by atoms with van der Waals surface area (Å²) in [4.78, 5) is 0. The Morgan fingerprint density at radius 1 is 1.22 bits per heavy atom. The fraction of sp³-hybridized carbons (Fsp3) is 0.0714. The van der Waals surface area contributed by atoms with Gasteiger partial charge in [0, 0.05) is 11.4 Å². The van der Waals surface area contributed by atoms with Crippen molar-refractivity contribution in [3.63, 3.8) is 0 Å². The number of rotatable bonds is 2. The fourth-order valence-electron chi connectivity index (χ4n) is 1.57. The minimum Gasteiger partial charge on any atom is -0.355 e. The summed E-state index contributed by atoms with van der Waals surface area (Å²) in [5, 5.41) is 12.2. The summed E-state index contributed by atoms with van der Waals surface area (Å²) >= 11 is 5.93. The molecule has 0 saturated heterocycles. The smallest absolute Gasteiger partial charge is 0.125 e. The second-order valence-electron chi connectivity index (χ2n) is 3.89. The number of aryl methyl sites for hydroxylation is 1. The first kappa shape index (κ1) is 12.4. The van der Waals surface area contributed by atoms with Crippen molar-refractivity contribution in [3.05, 3.63) is 58.4 Å². The molecule has 0 heterocycles. The van der Waals surface area contributed by atoms with Gasteiger partial charge in [0.25, 0.3) is 0 Å². The van der Waals surface area contributed by atoms with Gasteiger partial charge in [-0.25, -0.2) is 4.39 Å². The van der Waals surface area contributed by atoms with Crippen LogP contribution in [0.15, 0.2) is 36.4 Å². The molecule has 0 unspecified atom stereocenters. The standard InChI is InChI=1S/C14H10ClFN2/c1-9-2-4-11(16)6-14(9)18-12-5-3-10(8-17)13(15)7-12/h2-7,18H,1H3. The molecule has 0 bridgehead atoms. The molecule has 0 amide bonds. The maximum atomic E-state index is 13.1. The van der Waals surface area contributed by atoms with Gasteiger partial charge in [0.05, 0.1) is 10.6 Å². The lowest BCUT2D eigenvalue weighted by molar-refractivity contribution is 0.628. The zero-order valence-corrected chi connectivity index (χ0v) is 10.4. The Labute approximate surface area is 110 Å². The van der Waals surface area contributed by atoms with Crippen LogP contribution in [0, 0.1) is 24.1 Å². The molecule has 0 atom stereocenters. The molecule has 2 nitrogen and oxygen atoms in total. The number of nitrogens with one attached hydrogen (secondary N) is 1. The van der Waals surface area contributed by atoms with Crippen molar-refractivity contribution in [2.45, 2.75) is 6.92 Å². The van der Waals surface area contributed by atoms with Gasteiger partial charge in [0.2, 0.25) is 0 Å². The number of halogens is 2. The number of anilines is 2. The zero-order valence-electron chi connectivity index (χ0n) is 9.67. The van der Waals surface area contributed by atoms with E-state index in [0.717, 1.165) is 5.56 Å². The first-order chi connectivity index (χ1) is 8.60. The van der Waals surface area contributed by atoms with Crippen LogP contribution in [0.1, 0.15) is 11.1 Å². The quantitative estimate of drug-likeness (QED) is 0.869. The molecule has 1 N–H and O–H groups in total. The highest BCUT2D eigenvalue weighted by molar-refractivity contribution is 6.32. The van der Waals surface area contributed by atoms with E-state index in [1.807, 2.05) is 13.0 Å². The van der Waals surface area contributed by atoms with E-state index in [9.17, 15) is 4.39 Å². The number of nitrogens with zero attached hydrogens (tertiary/aromatic N) is 1. The summed E-state index contributed by atoms with van der Waals surface area (Å²) in [6.07, 6.45) is 0. The topological polar surface area (TPSA) is 35.8 Å². The normalized spacial score (nSPS) is 9.89. The summed E-state index contributed by atoms with van der Waals surface area (Å²) in [7, 11) is 0. The molecule has 0 saturated carbocycles. The summed E-state index contributed by atoms with van der Waals surface area (Å²) in [5.74, 6) is -0.303. The van der Waals surface area contributed by atoms with Gasteiger partial charge in [-0.3, -0.25) is 0 Å². The van der Waals surface area contributed by atoms with Crippen molar-refractivity contribution < 1.29 is 4.39 Å². The van der Waals surface area contributed by atoms with Gasteiger partial charge in [0.1, 0.15) is 11.9 Å². The lowest BCUT2D eigenvalue weighted by Crippen LogP contribution is -1.94. The van der Waals surface area contributed by atoms with Crippen molar-refractivity contribution in [3.8, 4) is 6.07 Å².